The molecule has 18 heavy (non-hydrogen) atoms. The van der Waals surface area contributed by atoms with E-state index in [-0.39, 0.29) is 5.92 Å². The Morgan fingerprint density at radius 3 is 2.56 bits per heavy atom. The summed E-state index contributed by atoms with van der Waals surface area (Å²) in [5, 5.41) is 12.8. The fourth-order valence-corrected chi connectivity index (χ4v) is 2.10. The number of anilines is 1. The van der Waals surface area contributed by atoms with Crippen molar-refractivity contribution in [2.24, 2.45) is 7.05 Å². The van der Waals surface area contributed by atoms with Gasteiger partial charge in [-0.25, -0.2) is 14.6 Å². The minimum Gasteiger partial charge on any atom is -0.383 e. The standard InChI is InChI=1S/C10H15N7S/c1-5(2)8-12-7(11)6(3)9(13-8)18-10-14-15-16-17(10)4/h5H,1-4H3,(H2,11,12,13). The summed E-state index contributed by atoms with van der Waals surface area (Å²) in [4.78, 5) is 8.79. The van der Waals surface area contributed by atoms with Crippen LogP contribution in [0.4, 0.5) is 5.82 Å². The molecule has 0 aliphatic carbocycles. The quantitative estimate of drug-likeness (QED) is 0.832. The smallest absolute Gasteiger partial charge is 0.215 e. The first-order valence-electron chi connectivity index (χ1n) is 5.53. The third-order valence-electron chi connectivity index (χ3n) is 2.44. The van der Waals surface area contributed by atoms with Gasteiger partial charge < -0.3 is 5.73 Å². The van der Waals surface area contributed by atoms with E-state index < -0.39 is 0 Å². The molecule has 8 heteroatoms. The fraction of sp³-hybridized carbons (Fsp3) is 0.500. The van der Waals surface area contributed by atoms with Crippen molar-refractivity contribution in [2.45, 2.75) is 36.9 Å². The van der Waals surface area contributed by atoms with Gasteiger partial charge >= 0.3 is 0 Å². The second-order valence-electron chi connectivity index (χ2n) is 4.24. The van der Waals surface area contributed by atoms with Crippen LogP contribution in [0.1, 0.15) is 31.2 Å². The molecule has 0 aromatic carbocycles. The number of nitrogen functional groups attached to an aromatic ring is 1. The molecule has 0 saturated heterocycles. The van der Waals surface area contributed by atoms with Crippen LogP contribution in [0, 0.1) is 6.92 Å². The Balaban J connectivity index is 2.41. The Morgan fingerprint density at radius 2 is 2.00 bits per heavy atom. The number of aromatic nitrogens is 6. The third kappa shape index (κ3) is 2.42. The maximum absolute atomic E-state index is 5.90. The monoisotopic (exact) mass is 265 g/mol. The normalized spacial score (nSPS) is 11.2. The Kier molecular flexibility index (Phi) is 3.46. The van der Waals surface area contributed by atoms with E-state index in [1.54, 1.807) is 11.7 Å². The summed E-state index contributed by atoms with van der Waals surface area (Å²) >= 11 is 1.39. The van der Waals surface area contributed by atoms with E-state index in [2.05, 4.69) is 25.5 Å². The van der Waals surface area contributed by atoms with Crippen molar-refractivity contribution in [2.75, 3.05) is 5.73 Å². The van der Waals surface area contributed by atoms with Crippen LogP contribution in [0.2, 0.25) is 0 Å². The molecule has 96 valence electrons. The van der Waals surface area contributed by atoms with E-state index in [0.717, 1.165) is 16.4 Å². The number of tetrazole rings is 1. The predicted molar refractivity (Wildman–Crippen MR) is 68.2 cm³/mol. The molecule has 0 aliphatic rings. The van der Waals surface area contributed by atoms with Crippen molar-refractivity contribution in [1.29, 1.82) is 0 Å². The summed E-state index contributed by atoms with van der Waals surface area (Å²) in [6.45, 7) is 5.95. The summed E-state index contributed by atoms with van der Waals surface area (Å²) in [5.41, 5.74) is 6.76. The second kappa shape index (κ2) is 4.89. The zero-order valence-corrected chi connectivity index (χ0v) is 11.6. The van der Waals surface area contributed by atoms with Crippen molar-refractivity contribution in [1.82, 2.24) is 30.2 Å². The lowest BCUT2D eigenvalue weighted by molar-refractivity contribution is 0.663. The molecule has 2 rings (SSSR count). The maximum atomic E-state index is 5.90. The third-order valence-corrected chi connectivity index (χ3v) is 3.56. The van der Waals surface area contributed by atoms with Gasteiger partial charge in [0.1, 0.15) is 16.7 Å². The van der Waals surface area contributed by atoms with Crippen LogP contribution in [0.15, 0.2) is 10.2 Å². The highest BCUT2D eigenvalue weighted by Crippen LogP contribution is 2.29. The van der Waals surface area contributed by atoms with E-state index in [0.29, 0.717) is 11.0 Å². The van der Waals surface area contributed by atoms with Gasteiger partial charge in [-0.15, -0.1) is 5.10 Å². The number of nitrogens with zero attached hydrogens (tertiary/aromatic N) is 6. The highest BCUT2D eigenvalue weighted by atomic mass is 32.2. The zero-order valence-electron chi connectivity index (χ0n) is 10.7. The van der Waals surface area contributed by atoms with Crippen molar-refractivity contribution < 1.29 is 0 Å². The predicted octanol–water partition coefficient (Wildman–Crippen LogP) is 1.17. The Labute approximate surface area is 109 Å². The first-order chi connectivity index (χ1) is 8.49. The van der Waals surface area contributed by atoms with E-state index >= 15 is 0 Å². The minimum absolute atomic E-state index is 0.227. The van der Waals surface area contributed by atoms with Gasteiger partial charge in [-0.3, -0.25) is 0 Å². The van der Waals surface area contributed by atoms with Crippen molar-refractivity contribution in [3.8, 4) is 0 Å². The fourth-order valence-electron chi connectivity index (χ4n) is 1.28. The molecule has 0 bridgehead atoms. The molecular formula is C10H15N7S. The van der Waals surface area contributed by atoms with Gasteiger partial charge in [0.25, 0.3) is 0 Å². The first kappa shape index (κ1) is 12.7. The molecule has 0 amide bonds. The van der Waals surface area contributed by atoms with E-state index in [1.165, 1.54) is 11.8 Å². The zero-order chi connectivity index (χ0) is 13.3. The molecule has 0 saturated carbocycles. The molecule has 0 radical (unpaired) electrons. The molecule has 0 spiro atoms. The van der Waals surface area contributed by atoms with Gasteiger partial charge in [0.05, 0.1) is 0 Å². The summed E-state index contributed by atoms with van der Waals surface area (Å²) in [6, 6.07) is 0. The lowest BCUT2D eigenvalue weighted by Gasteiger charge is -2.10. The number of hydrogen-bond acceptors (Lipinski definition) is 7. The highest BCUT2D eigenvalue weighted by Gasteiger charge is 2.14. The average molecular weight is 265 g/mol. The molecule has 0 atom stereocenters. The molecule has 0 aliphatic heterocycles. The Bertz CT molecular complexity index is 563. The Hall–Kier alpha value is -1.70. The van der Waals surface area contributed by atoms with Crippen LogP contribution in [0.3, 0.4) is 0 Å². The largest absolute Gasteiger partial charge is 0.383 e. The van der Waals surface area contributed by atoms with E-state index in [9.17, 15) is 0 Å². The number of nitrogens with two attached hydrogens (primary N) is 1. The highest BCUT2D eigenvalue weighted by molar-refractivity contribution is 7.99. The van der Waals surface area contributed by atoms with E-state index in [4.69, 9.17) is 5.73 Å². The van der Waals surface area contributed by atoms with Crippen molar-refractivity contribution in [3.05, 3.63) is 11.4 Å². The number of hydrogen-bond donors (Lipinski definition) is 1. The summed E-state index contributed by atoms with van der Waals surface area (Å²) in [7, 11) is 1.78. The van der Waals surface area contributed by atoms with Crippen LogP contribution in [-0.4, -0.2) is 30.2 Å². The summed E-state index contributed by atoms with van der Waals surface area (Å²) in [5.74, 6) is 1.46. The molecule has 0 fully saturated rings. The first-order valence-corrected chi connectivity index (χ1v) is 6.35. The van der Waals surface area contributed by atoms with Gasteiger partial charge in [-0.05, 0) is 29.1 Å². The summed E-state index contributed by atoms with van der Waals surface area (Å²) < 4.78 is 1.59. The van der Waals surface area contributed by atoms with Gasteiger partial charge in [0.2, 0.25) is 5.16 Å². The van der Waals surface area contributed by atoms with Crippen LogP contribution in [-0.2, 0) is 7.05 Å². The molecule has 2 heterocycles. The van der Waals surface area contributed by atoms with Crippen LogP contribution >= 0.6 is 11.8 Å². The molecule has 7 nitrogen and oxygen atoms in total. The Morgan fingerprint density at radius 1 is 1.28 bits per heavy atom. The molecule has 0 unspecified atom stereocenters. The van der Waals surface area contributed by atoms with E-state index in [1.807, 2.05) is 20.8 Å². The van der Waals surface area contributed by atoms with Crippen LogP contribution < -0.4 is 5.73 Å². The molecule has 2 aromatic heterocycles. The number of aryl methyl sites for hydroxylation is 1. The van der Waals surface area contributed by atoms with Gasteiger partial charge in [0.15, 0.2) is 0 Å². The van der Waals surface area contributed by atoms with Crippen LogP contribution in [0.25, 0.3) is 0 Å². The molecule has 2 aromatic rings. The van der Waals surface area contributed by atoms with Crippen LogP contribution in [0.5, 0.6) is 0 Å². The second-order valence-corrected chi connectivity index (χ2v) is 5.19. The average Bonchev–Trinajstić information content (AvgIpc) is 2.70. The van der Waals surface area contributed by atoms with Gasteiger partial charge in [-0.2, -0.15) is 0 Å². The van der Waals surface area contributed by atoms with Gasteiger partial charge in [-0.1, -0.05) is 13.8 Å². The lowest BCUT2D eigenvalue weighted by atomic mass is 10.2. The molecule has 2 N–H and O–H groups in total. The minimum atomic E-state index is 0.227. The molecular weight excluding hydrogens is 250 g/mol. The van der Waals surface area contributed by atoms with Gasteiger partial charge in [0, 0.05) is 18.5 Å². The SMILES string of the molecule is Cc1c(N)nc(C(C)C)nc1Sc1nnnn1C. The van der Waals surface area contributed by atoms with Crippen molar-refractivity contribution in [3.63, 3.8) is 0 Å². The van der Waals surface area contributed by atoms with Crippen molar-refractivity contribution >= 4 is 17.6 Å². The number of rotatable bonds is 3. The summed E-state index contributed by atoms with van der Waals surface area (Å²) in [6.07, 6.45) is 0. The maximum Gasteiger partial charge on any atom is 0.215 e. The lowest BCUT2D eigenvalue weighted by Crippen LogP contribution is -2.06. The topological polar surface area (TPSA) is 95.4 Å².